The summed E-state index contributed by atoms with van der Waals surface area (Å²) in [5.41, 5.74) is 1.15. The number of aromatic nitrogens is 2. The Bertz CT molecular complexity index is 605. The van der Waals surface area contributed by atoms with E-state index in [-0.39, 0.29) is 6.10 Å². The van der Waals surface area contributed by atoms with Crippen LogP contribution in [0.5, 0.6) is 0 Å². The van der Waals surface area contributed by atoms with E-state index in [9.17, 15) is 5.11 Å². The van der Waals surface area contributed by atoms with Crippen molar-refractivity contribution >= 4 is 16.2 Å². The largest absolute Gasteiger partial charge is 0.387 e. The minimum atomic E-state index is -0.313. The molecule has 114 valence electrons. The molecular weight excluding hydrogens is 280 g/mol. The minimum absolute atomic E-state index is 0.313. The number of hydrogen-bond donors (Lipinski definition) is 1. The first-order valence-electron chi connectivity index (χ1n) is 8.45. The van der Waals surface area contributed by atoms with E-state index in [1.165, 1.54) is 61.1 Å². The Morgan fingerprint density at radius 2 is 1.95 bits per heavy atom. The van der Waals surface area contributed by atoms with E-state index in [2.05, 4.69) is 9.38 Å². The predicted octanol–water partition coefficient (Wildman–Crippen LogP) is 4.67. The van der Waals surface area contributed by atoms with E-state index < -0.39 is 0 Å². The average Bonchev–Trinajstić information content (AvgIpc) is 3.17. The van der Waals surface area contributed by atoms with Crippen molar-refractivity contribution in [1.29, 1.82) is 0 Å². The Morgan fingerprint density at radius 3 is 2.67 bits per heavy atom. The molecule has 2 aliphatic carbocycles. The molecule has 0 unspecified atom stereocenters. The van der Waals surface area contributed by atoms with Crippen molar-refractivity contribution in [3.05, 3.63) is 23.1 Å². The van der Waals surface area contributed by atoms with Crippen LogP contribution >= 0.6 is 11.3 Å². The molecule has 0 spiro atoms. The van der Waals surface area contributed by atoms with Gasteiger partial charge >= 0.3 is 0 Å². The molecule has 3 nitrogen and oxygen atoms in total. The highest BCUT2D eigenvalue weighted by molar-refractivity contribution is 7.17. The molecule has 2 fully saturated rings. The molecule has 2 heterocycles. The molecule has 0 amide bonds. The first-order valence-corrected chi connectivity index (χ1v) is 9.27. The normalized spacial score (nSPS) is 22.5. The summed E-state index contributed by atoms with van der Waals surface area (Å²) in [6, 6.07) is 0. The van der Waals surface area contributed by atoms with Crippen LogP contribution in [0.1, 0.15) is 80.4 Å². The quantitative estimate of drug-likeness (QED) is 0.834. The van der Waals surface area contributed by atoms with Crippen molar-refractivity contribution in [1.82, 2.24) is 9.38 Å². The molecule has 2 aliphatic rings. The molecule has 2 saturated carbocycles. The van der Waals surface area contributed by atoms with Gasteiger partial charge in [0.15, 0.2) is 0 Å². The lowest BCUT2D eigenvalue weighted by molar-refractivity contribution is 0.133. The van der Waals surface area contributed by atoms with Crippen LogP contribution in [0.2, 0.25) is 0 Å². The molecule has 2 aromatic heterocycles. The zero-order valence-electron chi connectivity index (χ0n) is 12.5. The number of hydrogen-bond acceptors (Lipinski definition) is 3. The zero-order chi connectivity index (χ0) is 14.2. The number of rotatable bonds is 4. The molecule has 1 N–H and O–H groups in total. The van der Waals surface area contributed by atoms with Gasteiger partial charge in [-0.15, -0.1) is 11.3 Å². The SMILES string of the molecule is O[C@H](CC1CCCCCC1)c1c(C2CC2)sc2cncn12. The lowest BCUT2D eigenvalue weighted by Crippen LogP contribution is -2.10. The summed E-state index contributed by atoms with van der Waals surface area (Å²) in [5, 5.41) is 10.9. The standard InChI is InChI=1S/C17H24N2OS/c20-14(9-12-5-3-1-2-4-6-12)16-17(13-7-8-13)21-15-10-18-11-19(15)16/h10-14,20H,1-9H2/t14-/m1/s1. The summed E-state index contributed by atoms with van der Waals surface area (Å²) in [4.78, 5) is 6.86. The monoisotopic (exact) mass is 304 g/mol. The average molecular weight is 304 g/mol. The van der Waals surface area contributed by atoms with Crippen LogP contribution in [0.3, 0.4) is 0 Å². The van der Waals surface area contributed by atoms with Crippen molar-refractivity contribution in [3.63, 3.8) is 0 Å². The number of nitrogens with zero attached hydrogens (tertiary/aromatic N) is 2. The number of aliphatic hydroxyl groups excluding tert-OH is 1. The van der Waals surface area contributed by atoms with Crippen LogP contribution in [-0.2, 0) is 0 Å². The smallest absolute Gasteiger partial charge is 0.120 e. The number of imidazole rings is 1. The Morgan fingerprint density at radius 1 is 1.19 bits per heavy atom. The van der Waals surface area contributed by atoms with E-state index in [0.29, 0.717) is 11.8 Å². The maximum absolute atomic E-state index is 10.9. The molecular formula is C17H24N2OS. The summed E-state index contributed by atoms with van der Waals surface area (Å²) in [5.74, 6) is 1.40. The van der Waals surface area contributed by atoms with Gasteiger partial charge in [0.25, 0.3) is 0 Å². The second-order valence-electron chi connectivity index (χ2n) is 6.84. The fourth-order valence-corrected chi connectivity index (χ4v) is 5.14. The van der Waals surface area contributed by atoms with Crippen LogP contribution in [-0.4, -0.2) is 14.5 Å². The maximum atomic E-state index is 10.9. The predicted molar refractivity (Wildman–Crippen MR) is 85.8 cm³/mol. The second-order valence-corrected chi connectivity index (χ2v) is 7.90. The third-order valence-corrected chi connectivity index (χ3v) is 6.40. The molecule has 4 rings (SSSR count). The zero-order valence-corrected chi connectivity index (χ0v) is 13.3. The number of thiazole rings is 1. The first kappa shape index (κ1) is 13.8. The van der Waals surface area contributed by atoms with Crippen molar-refractivity contribution in [2.45, 2.75) is 69.8 Å². The maximum Gasteiger partial charge on any atom is 0.120 e. The Balaban J connectivity index is 1.58. The van der Waals surface area contributed by atoms with Crippen LogP contribution in [0.15, 0.2) is 12.5 Å². The van der Waals surface area contributed by atoms with Crippen LogP contribution in [0, 0.1) is 5.92 Å². The molecule has 0 aliphatic heterocycles. The summed E-state index contributed by atoms with van der Waals surface area (Å²) in [6.45, 7) is 0. The van der Waals surface area contributed by atoms with E-state index in [1.807, 2.05) is 23.9 Å². The van der Waals surface area contributed by atoms with Gasteiger partial charge in [0.1, 0.15) is 11.2 Å². The highest BCUT2D eigenvalue weighted by atomic mass is 32.1. The number of fused-ring (bicyclic) bond motifs is 1. The fourth-order valence-electron chi connectivity index (χ4n) is 3.81. The molecule has 0 saturated heterocycles. The highest BCUT2D eigenvalue weighted by Crippen LogP contribution is 2.48. The van der Waals surface area contributed by atoms with E-state index in [1.54, 1.807) is 0 Å². The van der Waals surface area contributed by atoms with E-state index in [4.69, 9.17) is 0 Å². The minimum Gasteiger partial charge on any atom is -0.387 e. The van der Waals surface area contributed by atoms with Crippen molar-refractivity contribution in [3.8, 4) is 0 Å². The van der Waals surface area contributed by atoms with E-state index in [0.717, 1.165) is 12.1 Å². The molecule has 2 aromatic rings. The lowest BCUT2D eigenvalue weighted by Gasteiger charge is -2.19. The van der Waals surface area contributed by atoms with Gasteiger partial charge in [-0.2, -0.15) is 0 Å². The third-order valence-electron chi connectivity index (χ3n) is 5.13. The Kier molecular flexibility index (Phi) is 3.76. The molecule has 0 radical (unpaired) electrons. The van der Waals surface area contributed by atoms with Gasteiger partial charge in [0, 0.05) is 4.88 Å². The molecule has 0 aromatic carbocycles. The van der Waals surface area contributed by atoms with Crippen LogP contribution in [0.25, 0.3) is 4.83 Å². The van der Waals surface area contributed by atoms with Crippen molar-refractivity contribution in [2.24, 2.45) is 5.92 Å². The van der Waals surface area contributed by atoms with Crippen molar-refractivity contribution in [2.75, 3.05) is 0 Å². The Hall–Kier alpha value is -0.870. The van der Waals surface area contributed by atoms with Gasteiger partial charge in [0.2, 0.25) is 0 Å². The Labute approximate surface area is 130 Å². The molecule has 4 heteroatoms. The summed E-state index contributed by atoms with van der Waals surface area (Å²) < 4.78 is 2.14. The topological polar surface area (TPSA) is 37.5 Å². The summed E-state index contributed by atoms with van der Waals surface area (Å²) in [6.07, 6.45) is 15.1. The molecule has 21 heavy (non-hydrogen) atoms. The molecule has 1 atom stereocenters. The summed E-state index contributed by atoms with van der Waals surface area (Å²) >= 11 is 1.84. The second kappa shape index (κ2) is 5.73. The van der Waals surface area contributed by atoms with Crippen molar-refractivity contribution < 1.29 is 5.11 Å². The number of aliphatic hydroxyl groups is 1. The highest BCUT2D eigenvalue weighted by Gasteiger charge is 2.32. The molecule has 0 bridgehead atoms. The lowest BCUT2D eigenvalue weighted by atomic mass is 9.92. The van der Waals surface area contributed by atoms with Gasteiger partial charge < -0.3 is 5.11 Å². The van der Waals surface area contributed by atoms with E-state index >= 15 is 0 Å². The van der Waals surface area contributed by atoms with Gasteiger partial charge in [0.05, 0.1) is 18.0 Å². The fraction of sp³-hybridized carbons (Fsp3) is 0.706. The van der Waals surface area contributed by atoms with Crippen LogP contribution in [0.4, 0.5) is 0 Å². The van der Waals surface area contributed by atoms with Gasteiger partial charge in [-0.05, 0) is 31.1 Å². The first-order chi connectivity index (χ1) is 10.3. The summed E-state index contributed by atoms with van der Waals surface area (Å²) in [7, 11) is 0. The van der Waals surface area contributed by atoms with Crippen LogP contribution < -0.4 is 0 Å². The van der Waals surface area contributed by atoms with Gasteiger partial charge in [-0.1, -0.05) is 38.5 Å². The van der Waals surface area contributed by atoms with Gasteiger partial charge in [-0.3, -0.25) is 4.40 Å². The third kappa shape index (κ3) is 2.76. The van der Waals surface area contributed by atoms with Gasteiger partial charge in [-0.25, -0.2) is 4.98 Å².